The van der Waals surface area contributed by atoms with E-state index in [9.17, 15) is 14.4 Å². The molecular weight excluding hydrogens is 558 g/mol. The van der Waals surface area contributed by atoms with Crippen LogP contribution in [0.5, 0.6) is 5.75 Å². The van der Waals surface area contributed by atoms with Gasteiger partial charge in [-0.15, -0.1) is 6.58 Å². The van der Waals surface area contributed by atoms with Gasteiger partial charge in [-0.1, -0.05) is 19.9 Å². The Labute approximate surface area is 262 Å². The summed E-state index contributed by atoms with van der Waals surface area (Å²) in [6, 6.07) is 5.96. The largest absolute Gasteiger partial charge is 0.496 e. The van der Waals surface area contributed by atoms with Crippen molar-refractivity contribution in [3.05, 3.63) is 58.8 Å². The molecule has 2 aromatic rings. The average molecular weight is 608 g/mol. The second kappa shape index (κ2) is 17.0. The fraction of sp³-hybridized carbons (Fsp3) is 0.529. The van der Waals surface area contributed by atoms with E-state index in [0.717, 1.165) is 90.9 Å². The van der Waals surface area contributed by atoms with Crippen LogP contribution in [0.2, 0.25) is 0 Å². The summed E-state index contributed by atoms with van der Waals surface area (Å²) in [7, 11) is 7.32. The minimum Gasteiger partial charge on any atom is -0.496 e. The average Bonchev–Trinajstić information content (AvgIpc) is 3.40. The van der Waals surface area contributed by atoms with E-state index in [4.69, 9.17) is 14.5 Å². The lowest BCUT2D eigenvalue weighted by Gasteiger charge is -2.34. The number of nitrogens with zero attached hydrogens (tertiary/aromatic N) is 4. The molecule has 2 atom stereocenters. The van der Waals surface area contributed by atoms with Crippen LogP contribution in [0.15, 0.2) is 42.0 Å². The van der Waals surface area contributed by atoms with Gasteiger partial charge in [0.05, 0.1) is 31.0 Å². The fourth-order valence-corrected chi connectivity index (χ4v) is 5.82. The third kappa shape index (κ3) is 8.11. The molecular formula is C34H49N5O5. The maximum Gasteiger partial charge on any atom is 0.252 e. The molecule has 240 valence electrons. The SMILES string of the molecule is C=CCC.CCC(C=O)C1=C(COC)C(=O)N2Cc3cc4c(CN(C)C)c(OC)ccc4nc3C2C1.O=CN1CCNCC1. The predicted octanol–water partition coefficient (Wildman–Crippen LogP) is 3.89. The van der Waals surface area contributed by atoms with Gasteiger partial charge in [-0.2, -0.15) is 0 Å². The van der Waals surface area contributed by atoms with Gasteiger partial charge in [-0.05, 0) is 62.7 Å². The molecule has 1 fully saturated rings. The van der Waals surface area contributed by atoms with Crippen molar-refractivity contribution in [2.24, 2.45) is 5.92 Å². The summed E-state index contributed by atoms with van der Waals surface area (Å²) in [5, 5.41) is 4.20. The Bertz CT molecular complexity index is 1340. The van der Waals surface area contributed by atoms with Crippen LogP contribution < -0.4 is 10.1 Å². The second-order valence-corrected chi connectivity index (χ2v) is 11.4. The Kier molecular flexibility index (Phi) is 13.5. The van der Waals surface area contributed by atoms with Crippen molar-refractivity contribution in [2.75, 3.05) is 61.1 Å². The number of ether oxygens (including phenoxy) is 2. The van der Waals surface area contributed by atoms with E-state index < -0.39 is 0 Å². The molecule has 5 rings (SSSR count). The van der Waals surface area contributed by atoms with Crippen LogP contribution in [0.1, 0.15) is 56.0 Å². The second-order valence-electron chi connectivity index (χ2n) is 11.4. The number of allylic oxidation sites excluding steroid dienone is 1. The van der Waals surface area contributed by atoms with Crippen molar-refractivity contribution in [1.29, 1.82) is 0 Å². The van der Waals surface area contributed by atoms with Crippen molar-refractivity contribution in [3.63, 3.8) is 0 Å². The van der Waals surface area contributed by atoms with Gasteiger partial charge in [-0.3, -0.25) is 14.6 Å². The van der Waals surface area contributed by atoms with Gasteiger partial charge in [0.15, 0.2) is 0 Å². The lowest BCUT2D eigenvalue weighted by atomic mass is 9.84. The third-order valence-corrected chi connectivity index (χ3v) is 8.16. The van der Waals surface area contributed by atoms with Crippen molar-refractivity contribution in [1.82, 2.24) is 25.0 Å². The predicted molar refractivity (Wildman–Crippen MR) is 173 cm³/mol. The number of benzene rings is 1. The number of methoxy groups -OCH3 is 2. The number of amides is 2. The quantitative estimate of drug-likeness (QED) is 0.321. The molecule has 0 saturated carbocycles. The smallest absolute Gasteiger partial charge is 0.252 e. The van der Waals surface area contributed by atoms with E-state index in [1.807, 2.05) is 44.1 Å². The zero-order chi connectivity index (χ0) is 32.2. The number of piperazine rings is 1. The van der Waals surface area contributed by atoms with Gasteiger partial charge in [-0.25, -0.2) is 0 Å². The molecule has 10 nitrogen and oxygen atoms in total. The molecule has 0 bridgehead atoms. The Morgan fingerprint density at radius 3 is 2.41 bits per heavy atom. The maximum atomic E-state index is 13.4. The first-order valence-electron chi connectivity index (χ1n) is 15.4. The molecule has 3 aliphatic rings. The number of aromatic nitrogens is 1. The number of nitrogens with one attached hydrogen (secondary N) is 1. The van der Waals surface area contributed by atoms with E-state index in [1.165, 1.54) is 0 Å². The molecule has 44 heavy (non-hydrogen) atoms. The minimum atomic E-state index is -0.272. The summed E-state index contributed by atoms with van der Waals surface area (Å²) in [4.78, 5) is 46.0. The van der Waals surface area contributed by atoms with E-state index in [-0.39, 0.29) is 24.5 Å². The Morgan fingerprint density at radius 1 is 1.18 bits per heavy atom. The van der Waals surface area contributed by atoms with Crippen LogP contribution in [0.4, 0.5) is 0 Å². The van der Waals surface area contributed by atoms with Gasteiger partial charge < -0.3 is 34.3 Å². The lowest BCUT2D eigenvalue weighted by Crippen LogP contribution is -2.42. The van der Waals surface area contributed by atoms with Gasteiger partial charge in [0.25, 0.3) is 5.91 Å². The third-order valence-electron chi connectivity index (χ3n) is 8.16. The molecule has 4 heterocycles. The van der Waals surface area contributed by atoms with Crippen LogP contribution in [0.3, 0.4) is 0 Å². The summed E-state index contributed by atoms with van der Waals surface area (Å²) in [5.41, 5.74) is 5.49. The number of aldehydes is 1. The van der Waals surface area contributed by atoms with Gasteiger partial charge in [0.1, 0.15) is 12.0 Å². The molecule has 1 aromatic heterocycles. The lowest BCUT2D eigenvalue weighted by molar-refractivity contribution is -0.131. The highest BCUT2D eigenvalue weighted by Gasteiger charge is 2.42. The van der Waals surface area contributed by atoms with Crippen LogP contribution >= 0.6 is 0 Å². The highest BCUT2D eigenvalue weighted by atomic mass is 16.5. The van der Waals surface area contributed by atoms with E-state index in [2.05, 4.69) is 29.8 Å². The van der Waals surface area contributed by atoms with Gasteiger partial charge >= 0.3 is 0 Å². The normalized spacial score (nSPS) is 18.1. The monoisotopic (exact) mass is 607 g/mol. The van der Waals surface area contributed by atoms with Crippen molar-refractivity contribution >= 4 is 29.5 Å². The van der Waals surface area contributed by atoms with E-state index in [0.29, 0.717) is 25.0 Å². The van der Waals surface area contributed by atoms with Crippen LogP contribution in [-0.2, 0) is 32.2 Å². The number of carbonyl (C=O) groups is 3. The Hall–Kier alpha value is -3.60. The van der Waals surface area contributed by atoms with Gasteiger partial charge in [0, 0.05) is 68.8 Å². The molecule has 2 unspecified atom stereocenters. The molecule has 0 spiro atoms. The first-order chi connectivity index (χ1) is 21.3. The fourth-order valence-electron chi connectivity index (χ4n) is 5.82. The minimum absolute atomic E-state index is 0.0495. The molecule has 1 N–H and O–H groups in total. The van der Waals surface area contributed by atoms with Gasteiger partial charge in [0.2, 0.25) is 6.41 Å². The molecule has 2 amide bonds. The molecule has 1 saturated heterocycles. The number of hydrogen-bond donors (Lipinski definition) is 1. The van der Waals surface area contributed by atoms with Crippen molar-refractivity contribution in [2.45, 2.75) is 52.2 Å². The number of pyridine rings is 1. The number of fused-ring (bicyclic) bond motifs is 4. The van der Waals surface area contributed by atoms with E-state index >= 15 is 0 Å². The number of rotatable bonds is 10. The molecule has 3 aliphatic heterocycles. The first kappa shape index (κ1) is 34.9. The summed E-state index contributed by atoms with van der Waals surface area (Å²) in [5.74, 6) is 0.515. The first-order valence-corrected chi connectivity index (χ1v) is 15.4. The van der Waals surface area contributed by atoms with Crippen LogP contribution in [-0.4, -0.2) is 99.4 Å². The van der Waals surface area contributed by atoms with E-state index in [1.54, 1.807) is 19.1 Å². The molecule has 0 radical (unpaired) electrons. The highest BCUT2D eigenvalue weighted by molar-refractivity contribution is 5.97. The molecule has 0 aliphatic carbocycles. The van der Waals surface area contributed by atoms with Crippen LogP contribution in [0.25, 0.3) is 10.9 Å². The summed E-state index contributed by atoms with van der Waals surface area (Å²) in [6.45, 7) is 12.6. The zero-order valence-electron chi connectivity index (χ0n) is 27.2. The Morgan fingerprint density at radius 2 is 1.89 bits per heavy atom. The number of carbonyl (C=O) groups excluding carboxylic acids is 3. The Balaban J connectivity index is 0.000000370. The molecule has 1 aromatic carbocycles. The summed E-state index contributed by atoms with van der Waals surface area (Å²) in [6.07, 6.45) is 6.10. The summed E-state index contributed by atoms with van der Waals surface area (Å²) < 4.78 is 11.0. The summed E-state index contributed by atoms with van der Waals surface area (Å²) >= 11 is 0. The topological polar surface area (TPSA) is 104 Å². The highest BCUT2D eigenvalue weighted by Crippen LogP contribution is 2.45. The maximum absolute atomic E-state index is 13.4. The standard InChI is InChI=1S/C25H31N3O4.C5H10N2O.C4H8/c1-6-15(13-29)17-10-22-24-16(11-28(22)25(30)20(17)14-31-4)9-18-19(12-27(2)3)23(32-5)8-7-21(18)26-24;8-5-7-3-1-6-2-4-7;1-3-4-2/h7-9,13,15,22H,6,10-12,14H2,1-5H3;5-6H,1-4H2;3H,1,4H2,2H3. The van der Waals surface area contributed by atoms with Crippen molar-refractivity contribution < 1.29 is 23.9 Å². The zero-order valence-corrected chi connectivity index (χ0v) is 27.2. The van der Waals surface area contributed by atoms with Crippen LogP contribution in [0, 0.1) is 5.92 Å². The number of hydrogen-bond acceptors (Lipinski definition) is 8. The van der Waals surface area contributed by atoms with Crippen molar-refractivity contribution in [3.8, 4) is 5.75 Å². The molecule has 10 heteroatoms.